The van der Waals surface area contributed by atoms with Crippen molar-refractivity contribution in [1.29, 1.82) is 0 Å². The highest BCUT2D eigenvalue weighted by Gasteiger charge is 2.19. The minimum absolute atomic E-state index is 0.160. The summed E-state index contributed by atoms with van der Waals surface area (Å²) in [7, 11) is 0. The average Bonchev–Trinajstić information content (AvgIpc) is 2.66. The number of nitrogens with one attached hydrogen (secondary N) is 1. The Kier molecular flexibility index (Phi) is 7.37. The Morgan fingerprint density at radius 2 is 1.70 bits per heavy atom. The van der Waals surface area contributed by atoms with E-state index in [0.29, 0.717) is 16.1 Å². The molecule has 0 saturated heterocycles. The van der Waals surface area contributed by atoms with Gasteiger partial charge >= 0.3 is 12.0 Å². The first kappa shape index (κ1) is 20.5. The molecule has 1 unspecified atom stereocenters. The van der Waals surface area contributed by atoms with Crippen LogP contribution in [0, 0.1) is 0 Å². The fraction of sp³-hybridized carbons (Fsp3) is 0.250. The molecule has 0 fully saturated rings. The molecular formula is C20H21ClN2O4. The van der Waals surface area contributed by atoms with Gasteiger partial charge in [-0.25, -0.2) is 4.79 Å². The number of urea groups is 1. The molecular weight excluding hydrogens is 368 g/mol. The smallest absolute Gasteiger partial charge is 0.312 e. The second-order valence-electron chi connectivity index (χ2n) is 5.95. The predicted octanol–water partition coefficient (Wildman–Crippen LogP) is 3.43. The Morgan fingerprint density at radius 3 is 2.26 bits per heavy atom. The number of halogens is 1. The lowest BCUT2D eigenvalue weighted by Crippen LogP contribution is -2.34. The number of ether oxygens (including phenoxy) is 1. The highest BCUT2D eigenvalue weighted by Crippen LogP contribution is 2.20. The van der Waals surface area contributed by atoms with Crippen LogP contribution in [0.15, 0.2) is 48.5 Å². The number of benzene rings is 2. The molecule has 0 aromatic heterocycles. The number of nitrogens with two attached hydrogens (primary N) is 1. The third-order valence-electron chi connectivity index (χ3n) is 4.01. The Balaban J connectivity index is 1.95. The fourth-order valence-corrected chi connectivity index (χ4v) is 2.63. The summed E-state index contributed by atoms with van der Waals surface area (Å²) in [6, 6.07) is 12.3. The van der Waals surface area contributed by atoms with Crippen molar-refractivity contribution in [2.24, 2.45) is 5.73 Å². The number of rotatable bonds is 8. The van der Waals surface area contributed by atoms with Gasteiger partial charge in [-0.3, -0.25) is 9.59 Å². The number of Topliss-reactive ketones (excluding diaryl/α,β-unsaturated/α-hetero) is 1. The molecule has 0 heterocycles. The first-order valence-electron chi connectivity index (χ1n) is 8.48. The van der Waals surface area contributed by atoms with Crippen molar-refractivity contribution in [1.82, 2.24) is 5.32 Å². The molecule has 142 valence electrons. The standard InChI is InChI=1S/C20H21ClN2O4/c1-2-13-3-5-15(6-4-13)18(24)12-27-19(25)11-17(23-20(22)26)14-7-9-16(21)10-8-14/h3-10,17H,2,11-12H2,1H3,(H3,22,23,26). The molecule has 1 atom stereocenters. The average molecular weight is 389 g/mol. The molecule has 2 aromatic carbocycles. The van der Waals surface area contributed by atoms with Gasteiger partial charge in [0.1, 0.15) is 0 Å². The lowest BCUT2D eigenvalue weighted by atomic mass is 10.0. The van der Waals surface area contributed by atoms with Crippen LogP contribution in [0.4, 0.5) is 4.79 Å². The Morgan fingerprint density at radius 1 is 1.07 bits per heavy atom. The van der Waals surface area contributed by atoms with E-state index in [1.807, 2.05) is 19.1 Å². The molecule has 0 aliphatic rings. The van der Waals surface area contributed by atoms with Gasteiger partial charge in [-0.15, -0.1) is 0 Å². The highest BCUT2D eigenvalue weighted by atomic mass is 35.5. The number of carbonyl (C=O) groups is 3. The van der Waals surface area contributed by atoms with E-state index in [1.165, 1.54) is 0 Å². The number of aryl methyl sites for hydroxylation is 1. The number of esters is 1. The molecule has 2 rings (SSSR count). The van der Waals surface area contributed by atoms with Gasteiger partial charge < -0.3 is 15.8 Å². The Hall–Kier alpha value is -2.86. The maximum Gasteiger partial charge on any atom is 0.312 e. The maximum absolute atomic E-state index is 12.1. The van der Waals surface area contributed by atoms with Gasteiger partial charge in [0.25, 0.3) is 0 Å². The maximum atomic E-state index is 12.1. The fourth-order valence-electron chi connectivity index (χ4n) is 2.50. The molecule has 0 saturated carbocycles. The zero-order valence-electron chi connectivity index (χ0n) is 14.9. The van der Waals surface area contributed by atoms with Crippen LogP contribution in [-0.2, 0) is 16.0 Å². The predicted molar refractivity (Wildman–Crippen MR) is 103 cm³/mol. The van der Waals surface area contributed by atoms with E-state index in [-0.39, 0.29) is 18.8 Å². The molecule has 0 bridgehead atoms. The van der Waals surface area contributed by atoms with Crippen molar-refractivity contribution in [2.75, 3.05) is 6.61 Å². The van der Waals surface area contributed by atoms with Crippen LogP contribution in [0.5, 0.6) is 0 Å². The molecule has 0 aliphatic carbocycles. The minimum Gasteiger partial charge on any atom is -0.457 e. The normalized spacial score (nSPS) is 11.5. The van der Waals surface area contributed by atoms with E-state index in [2.05, 4.69) is 5.32 Å². The van der Waals surface area contributed by atoms with Crippen LogP contribution in [0.2, 0.25) is 5.02 Å². The van der Waals surface area contributed by atoms with Crippen molar-refractivity contribution in [3.8, 4) is 0 Å². The van der Waals surface area contributed by atoms with E-state index in [9.17, 15) is 14.4 Å². The van der Waals surface area contributed by atoms with Crippen molar-refractivity contribution >= 4 is 29.4 Å². The number of ketones is 1. The third-order valence-corrected chi connectivity index (χ3v) is 4.26. The summed E-state index contributed by atoms with van der Waals surface area (Å²) in [5.74, 6) is -0.917. The molecule has 0 spiro atoms. The highest BCUT2D eigenvalue weighted by molar-refractivity contribution is 6.30. The van der Waals surface area contributed by atoms with Gasteiger partial charge in [-0.1, -0.05) is 54.9 Å². The molecule has 0 radical (unpaired) electrons. The van der Waals surface area contributed by atoms with Gasteiger partial charge in [0.2, 0.25) is 0 Å². The molecule has 3 N–H and O–H groups in total. The third kappa shape index (κ3) is 6.42. The summed E-state index contributed by atoms with van der Waals surface area (Å²) < 4.78 is 5.07. The zero-order chi connectivity index (χ0) is 19.8. The summed E-state index contributed by atoms with van der Waals surface area (Å²) in [5, 5.41) is 3.02. The molecule has 0 aliphatic heterocycles. The molecule has 2 aromatic rings. The van der Waals surface area contributed by atoms with Crippen LogP contribution in [0.25, 0.3) is 0 Å². The SMILES string of the molecule is CCc1ccc(C(=O)COC(=O)CC(NC(N)=O)c2ccc(Cl)cc2)cc1. The van der Waals surface area contributed by atoms with Crippen molar-refractivity contribution in [2.45, 2.75) is 25.8 Å². The van der Waals surface area contributed by atoms with Crippen LogP contribution >= 0.6 is 11.6 Å². The van der Waals surface area contributed by atoms with Crippen LogP contribution in [0.1, 0.15) is 40.9 Å². The van der Waals surface area contributed by atoms with Gasteiger partial charge in [0.15, 0.2) is 12.4 Å². The number of hydrogen-bond donors (Lipinski definition) is 2. The van der Waals surface area contributed by atoms with Gasteiger partial charge in [0.05, 0.1) is 12.5 Å². The van der Waals surface area contributed by atoms with Crippen LogP contribution in [0.3, 0.4) is 0 Å². The Labute approximate surface area is 162 Å². The largest absolute Gasteiger partial charge is 0.457 e. The second-order valence-corrected chi connectivity index (χ2v) is 6.39. The monoisotopic (exact) mass is 388 g/mol. The van der Waals surface area contributed by atoms with Crippen molar-refractivity contribution in [3.63, 3.8) is 0 Å². The quantitative estimate of drug-likeness (QED) is 0.534. The molecule has 6 nitrogen and oxygen atoms in total. The first-order chi connectivity index (χ1) is 12.9. The Bertz CT molecular complexity index is 804. The lowest BCUT2D eigenvalue weighted by Gasteiger charge is -2.17. The van der Waals surface area contributed by atoms with Gasteiger partial charge in [0, 0.05) is 10.6 Å². The van der Waals surface area contributed by atoms with Crippen LogP contribution in [-0.4, -0.2) is 24.4 Å². The molecule has 7 heteroatoms. The summed E-state index contributed by atoms with van der Waals surface area (Å²) in [6.45, 7) is 1.66. The van der Waals surface area contributed by atoms with Gasteiger partial charge in [-0.2, -0.15) is 0 Å². The van der Waals surface area contributed by atoms with Gasteiger partial charge in [-0.05, 0) is 29.7 Å². The first-order valence-corrected chi connectivity index (χ1v) is 8.86. The van der Waals surface area contributed by atoms with Crippen LogP contribution < -0.4 is 11.1 Å². The van der Waals surface area contributed by atoms with E-state index in [1.54, 1.807) is 36.4 Å². The molecule has 2 amide bonds. The number of carbonyl (C=O) groups excluding carboxylic acids is 3. The topological polar surface area (TPSA) is 98.5 Å². The van der Waals surface area contributed by atoms with E-state index >= 15 is 0 Å². The molecule has 27 heavy (non-hydrogen) atoms. The zero-order valence-corrected chi connectivity index (χ0v) is 15.7. The summed E-state index contributed by atoms with van der Waals surface area (Å²) in [4.78, 5) is 35.5. The second kappa shape index (κ2) is 9.73. The lowest BCUT2D eigenvalue weighted by molar-refractivity contribution is -0.143. The van der Waals surface area contributed by atoms with Crippen molar-refractivity contribution < 1.29 is 19.1 Å². The summed E-state index contributed by atoms with van der Waals surface area (Å²) in [6.07, 6.45) is 0.717. The number of amides is 2. The van der Waals surface area contributed by atoms with Crippen molar-refractivity contribution in [3.05, 3.63) is 70.2 Å². The summed E-state index contributed by atoms with van der Waals surface area (Å²) in [5.41, 5.74) is 7.42. The van der Waals surface area contributed by atoms with E-state index in [0.717, 1.165) is 12.0 Å². The number of primary amides is 1. The van der Waals surface area contributed by atoms with E-state index in [4.69, 9.17) is 22.1 Å². The minimum atomic E-state index is -0.769. The number of hydrogen-bond acceptors (Lipinski definition) is 4. The summed E-state index contributed by atoms with van der Waals surface area (Å²) >= 11 is 5.85. The van der Waals surface area contributed by atoms with E-state index < -0.39 is 18.0 Å².